The van der Waals surface area contributed by atoms with E-state index in [-0.39, 0.29) is 23.0 Å². The predicted octanol–water partition coefficient (Wildman–Crippen LogP) is 2.83. The number of thioether (sulfide) groups is 1. The Morgan fingerprint density at radius 2 is 2.16 bits per heavy atom. The molecule has 2 aromatic heterocycles. The number of hydrogen-bond donors (Lipinski definition) is 1. The number of thiazole rings is 1. The van der Waals surface area contributed by atoms with E-state index in [9.17, 15) is 14.4 Å². The van der Waals surface area contributed by atoms with Crippen LogP contribution in [0, 0.1) is 0 Å². The second kappa shape index (κ2) is 7.62. The maximum absolute atomic E-state index is 12.0. The quantitative estimate of drug-likeness (QED) is 0.672. The van der Waals surface area contributed by atoms with Gasteiger partial charge in [-0.1, -0.05) is 12.1 Å². The maximum atomic E-state index is 12.0. The Morgan fingerprint density at radius 3 is 2.96 bits per heavy atom. The molecule has 0 aliphatic rings. The zero-order valence-electron chi connectivity index (χ0n) is 13.4. The van der Waals surface area contributed by atoms with Gasteiger partial charge in [0.25, 0.3) is 5.56 Å². The van der Waals surface area contributed by atoms with Crippen LogP contribution in [0.4, 0.5) is 5.69 Å². The molecule has 1 N–H and O–H groups in total. The fourth-order valence-electron chi connectivity index (χ4n) is 2.22. The third kappa shape index (κ3) is 4.34. The van der Waals surface area contributed by atoms with Crippen LogP contribution in [-0.4, -0.2) is 26.8 Å². The predicted molar refractivity (Wildman–Crippen MR) is 101 cm³/mol. The summed E-state index contributed by atoms with van der Waals surface area (Å²) in [5.41, 5.74) is 1.69. The maximum Gasteiger partial charge on any atom is 0.258 e. The summed E-state index contributed by atoms with van der Waals surface area (Å²) in [4.78, 5) is 40.3. The number of carbonyl (C=O) groups is 2. The number of amides is 1. The lowest BCUT2D eigenvalue weighted by atomic mass is 10.1. The lowest BCUT2D eigenvalue weighted by Gasteiger charge is -2.06. The minimum absolute atomic E-state index is 0.0493. The SMILES string of the molecule is CC(=O)c1cccc(NC(=O)CSCc2cc(=O)n3ccsc3n2)c1. The Bertz CT molecular complexity index is 994. The van der Waals surface area contributed by atoms with E-state index in [1.807, 2.05) is 5.38 Å². The standard InChI is InChI=1S/C17H15N3O3S2/c1-11(21)12-3-2-4-13(7-12)18-15(22)10-24-9-14-8-16(23)20-5-6-25-17(20)19-14/h2-8H,9-10H2,1H3,(H,18,22). The van der Waals surface area contributed by atoms with Crippen LogP contribution in [0.15, 0.2) is 46.7 Å². The van der Waals surface area contributed by atoms with Gasteiger partial charge >= 0.3 is 0 Å². The molecule has 6 nitrogen and oxygen atoms in total. The van der Waals surface area contributed by atoms with Crippen molar-refractivity contribution in [3.8, 4) is 0 Å². The highest BCUT2D eigenvalue weighted by Gasteiger charge is 2.07. The number of Topliss-reactive ketones (excluding diaryl/α,β-unsaturated/α-hetero) is 1. The van der Waals surface area contributed by atoms with Crippen LogP contribution < -0.4 is 10.9 Å². The second-order valence-corrected chi connectivity index (χ2v) is 7.18. The van der Waals surface area contributed by atoms with Gasteiger partial charge in [-0.15, -0.1) is 23.1 Å². The number of fused-ring (bicyclic) bond motifs is 1. The highest BCUT2D eigenvalue weighted by Crippen LogP contribution is 2.14. The second-order valence-electron chi connectivity index (χ2n) is 5.32. The number of nitrogens with one attached hydrogen (secondary N) is 1. The molecule has 128 valence electrons. The van der Waals surface area contributed by atoms with Crippen LogP contribution in [0.5, 0.6) is 0 Å². The van der Waals surface area contributed by atoms with Crippen LogP contribution in [-0.2, 0) is 10.5 Å². The first-order valence-corrected chi connectivity index (χ1v) is 9.51. The molecule has 0 radical (unpaired) electrons. The van der Waals surface area contributed by atoms with Gasteiger partial charge in [-0.25, -0.2) is 4.98 Å². The van der Waals surface area contributed by atoms with Crippen molar-refractivity contribution >= 4 is 45.4 Å². The molecule has 0 saturated heterocycles. The van der Waals surface area contributed by atoms with Gasteiger partial charge in [0.15, 0.2) is 10.7 Å². The number of benzene rings is 1. The smallest absolute Gasteiger partial charge is 0.258 e. The van der Waals surface area contributed by atoms with E-state index in [2.05, 4.69) is 10.3 Å². The van der Waals surface area contributed by atoms with Gasteiger partial charge in [0.1, 0.15) is 0 Å². The van der Waals surface area contributed by atoms with E-state index in [0.29, 0.717) is 27.7 Å². The number of carbonyl (C=O) groups excluding carboxylic acids is 2. The van der Waals surface area contributed by atoms with Gasteiger partial charge in [-0.2, -0.15) is 0 Å². The lowest BCUT2D eigenvalue weighted by Crippen LogP contribution is -2.15. The molecule has 8 heteroatoms. The summed E-state index contributed by atoms with van der Waals surface area (Å²) in [5.74, 6) is 0.492. The molecule has 3 rings (SSSR count). The minimum Gasteiger partial charge on any atom is -0.325 e. The molecule has 0 saturated carbocycles. The normalized spacial score (nSPS) is 10.8. The molecule has 0 aliphatic heterocycles. The van der Waals surface area contributed by atoms with Crippen molar-refractivity contribution in [2.45, 2.75) is 12.7 Å². The summed E-state index contributed by atoms with van der Waals surface area (Å²) in [6, 6.07) is 8.31. The molecular weight excluding hydrogens is 358 g/mol. The summed E-state index contributed by atoms with van der Waals surface area (Å²) in [6.07, 6.45) is 1.69. The molecule has 0 fully saturated rings. The zero-order chi connectivity index (χ0) is 17.8. The van der Waals surface area contributed by atoms with Gasteiger partial charge in [0.2, 0.25) is 5.91 Å². The lowest BCUT2D eigenvalue weighted by molar-refractivity contribution is -0.113. The first-order valence-electron chi connectivity index (χ1n) is 7.47. The number of nitrogens with zero attached hydrogens (tertiary/aromatic N) is 2. The average Bonchev–Trinajstić information content (AvgIpc) is 3.04. The number of anilines is 1. The molecule has 0 bridgehead atoms. The van der Waals surface area contributed by atoms with Crippen molar-refractivity contribution in [2.75, 3.05) is 11.1 Å². The zero-order valence-corrected chi connectivity index (χ0v) is 15.0. The van der Waals surface area contributed by atoms with Gasteiger partial charge in [-0.05, 0) is 19.1 Å². The Balaban J connectivity index is 1.56. The Hall–Kier alpha value is -2.45. The van der Waals surface area contributed by atoms with Crippen LogP contribution in [0.3, 0.4) is 0 Å². The molecule has 0 atom stereocenters. The fourth-order valence-corrected chi connectivity index (χ4v) is 3.68. The largest absolute Gasteiger partial charge is 0.325 e. The van der Waals surface area contributed by atoms with E-state index in [0.717, 1.165) is 0 Å². The van der Waals surface area contributed by atoms with E-state index in [1.165, 1.54) is 40.5 Å². The van der Waals surface area contributed by atoms with Gasteiger partial charge in [0.05, 0.1) is 11.4 Å². The summed E-state index contributed by atoms with van der Waals surface area (Å²) < 4.78 is 1.49. The Morgan fingerprint density at radius 1 is 1.32 bits per heavy atom. The van der Waals surface area contributed by atoms with Crippen LogP contribution in [0.25, 0.3) is 4.96 Å². The third-order valence-electron chi connectivity index (χ3n) is 3.39. The summed E-state index contributed by atoms with van der Waals surface area (Å²) in [7, 11) is 0. The highest BCUT2D eigenvalue weighted by atomic mass is 32.2. The van der Waals surface area contributed by atoms with E-state index in [4.69, 9.17) is 0 Å². The van der Waals surface area contributed by atoms with Crippen molar-refractivity contribution in [3.05, 3.63) is 63.5 Å². The van der Waals surface area contributed by atoms with Crippen LogP contribution in [0.2, 0.25) is 0 Å². The molecule has 3 aromatic rings. The number of ketones is 1. The number of hydrogen-bond acceptors (Lipinski definition) is 6. The van der Waals surface area contributed by atoms with E-state index in [1.54, 1.807) is 30.5 Å². The number of aromatic nitrogens is 2. The molecule has 2 heterocycles. The molecule has 1 amide bonds. The molecule has 25 heavy (non-hydrogen) atoms. The summed E-state index contributed by atoms with van der Waals surface area (Å²) >= 11 is 2.78. The van der Waals surface area contributed by atoms with Crippen molar-refractivity contribution in [1.82, 2.24) is 9.38 Å². The monoisotopic (exact) mass is 373 g/mol. The van der Waals surface area contributed by atoms with Crippen LogP contribution in [0.1, 0.15) is 23.0 Å². The molecule has 0 aliphatic carbocycles. The summed E-state index contributed by atoms with van der Waals surface area (Å²) in [5, 5.41) is 4.57. The van der Waals surface area contributed by atoms with Crippen molar-refractivity contribution in [3.63, 3.8) is 0 Å². The van der Waals surface area contributed by atoms with E-state index >= 15 is 0 Å². The average molecular weight is 373 g/mol. The van der Waals surface area contributed by atoms with Gasteiger partial charge in [-0.3, -0.25) is 18.8 Å². The molecule has 0 unspecified atom stereocenters. The van der Waals surface area contributed by atoms with Crippen LogP contribution >= 0.6 is 23.1 Å². The molecule has 1 aromatic carbocycles. The van der Waals surface area contributed by atoms with Crippen molar-refractivity contribution in [1.29, 1.82) is 0 Å². The highest BCUT2D eigenvalue weighted by molar-refractivity contribution is 7.99. The van der Waals surface area contributed by atoms with Gasteiger partial charge < -0.3 is 5.32 Å². The first-order chi connectivity index (χ1) is 12.0. The number of rotatable bonds is 6. The summed E-state index contributed by atoms with van der Waals surface area (Å²) in [6.45, 7) is 1.48. The Labute approximate surface area is 151 Å². The molecular formula is C17H15N3O3S2. The Kier molecular flexibility index (Phi) is 5.30. The first kappa shape index (κ1) is 17.4. The molecule has 0 spiro atoms. The minimum atomic E-state index is -0.167. The van der Waals surface area contributed by atoms with Crippen molar-refractivity contribution in [2.24, 2.45) is 0 Å². The topological polar surface area (TPSA) is 80.5 Å². The van der Waals surface area contributed by atoms with Crippen molar-refractivity contribution < 1.29 is 9.59 Å². The third-order valence-corrected chi connectivity index (χ3v) is 5.11. The van der Waals surface area contributed by atoms with Gasteiger partial charge in [0, 0.05) is 34.6 Å². The fraction of sp³-hybridized carbons (Fsp3) is 0.176. The van der Waals surface area contributed by atoms with E-state index < -0.39 is 0 Å².